The standard InChI is InChI=1S/C17H25NOSi/c1-17(2,3)20(4,5)19-13-7-9-14-8-6-10-16-15(14)11-12-18-16/h6,8,10,18H,11-13H2,1-5H3. The fourth-order valence-corrected chi connectivity index (χ4v) is 2.89. The van der Waals surface area contributed by atoms with Gasteiger partial charge in [-0.3, -0.25) is 0 Å². The van der Waals surface area contributed by atoms with Crippen LogP contribution in [0, 0.1) is 11.8 Å². The minimum Gasteiger partial charge on any atom is -0.406 e. The SMILES string of the molecule is CC(C)(C)[Si](C)(C)OCC#Cc1cccc2c1CCN2. The molecule has 0 fully saturated rings. The van der Waals surface area contributed by atoms with Crippen LogP contribution < -0.4 is 5.32 Å². The molecule has 0 aliphatic carbocycles. The summed E-state index contributed by atoms with van der Waals surface area (Å²) < 4.78 is 6.08. The van der Waals surface area contributed by atoms with Crippen molar-refractivity contribution in [3.8, 4) is 11.8 Å². The number of nitrogens with one attached hydrogen (secondary N) is 1. The zero-order chi connectivity index (χ0) is 14.8. The van der Waals surface area contributed by atoms with Gasteiger partial charge in [-0.15, -0.1) is 0 Å². The summed E-state index contributed by atoms with van der Waals surface area (Å²) in [5, 5.41) is 3.63. The van der Waals surface area contributed by atoms with Crippen LogP contribution in [0.4, 0.5) is 5.69 Å². The number of benzene rings is 1. The zero-order valence-electron chi connectivity index (χ0n) is 13.3. The van der Waals surface area contributed by atoms with Gasteiger partial charge in [0.05, 0.1) is 6.61 Å². The Kier molecular flexibility index (Phi) is 4.27. The Morgan fingerprint density at radius 3 is 2.75 bits per heavy atom. The highest BCUT2D eigenvalue weighted by Crippen LogP contribution is 2.36. The van der Waals surface area contributed by atoms with Crippen molar-refractivity contribution in [2.75, 3.05) is 18.5 Å². The van der Waals surface area contributed by atoms with Gasteiger partial charge in [-0.25, -0.2) is 0 Å². The van der Waals surface area contributed by atoms with Gasteiger partial charge >= 0.3 is 0 Å². The van der Waals surface area contributed by atoms with Crippen molar-refractivity contribution in [2.24, 2.45) is 0 Å². The number of anilines is 1. The lowest BCUT2D eigenvalue weighted by atomic mass is 10.1. The Balaban J connectivity index is 2.02. The number of rotatable bonds is 2. The topological polar surface area (TPSA) is 21.3 Å². The average molecular weight is 287 g/mol. The van der Waals surface area contributed by atoms with Crippen LogP contribution in [0.2, 0.25) is 18.1 Å². The Labute approximate surface area is 124 Å². The van der Waals surface area contributed by atoms with E-state index in [1.807, 2.05) is 0 Å². The molecule has 2 nitrogen and oxygen atoms in total. The largest absolute Gasteiger partial charge is 0.406 e. The van der Waals surface area contributed by atoms with Crippen molar-refractivity contribution in [1.82, 2.24) is 0 Å². The lowest BCUT2D eigenvalue weighted by molar-refractivity contribution is 0.334. The summed E-state index contributed by atoms with van der Waals surface area (Å²) >= 11 is 0. The van der Waals surface area contributed by atoms with E-state index in [1.54, 1.807) is 0 Å². The van der Waals surface area contributed by atoms with Gasteiger partial charge in [0.1, 0.15) is 0 Å². The van der Waals surface area contributed by atoms with Gasteiger partial charge in [0.15, 0.2) is 8.32 Å². The molecular formula is C17H25NOSi. The second kappa shape index (κ2) is 5.63. The highest BCUT2D eigenvalue weighted by atomic mass is 28.4. The quantitative estimate of drug-likeness (QED) is 0.655. The van der Waals surface area contributed by atoms with E-state index in [0.717, 1.165) is 18.5 Å². The van der Waals surface area contributed by atoms with Gasteiger partial charge in [0.2, 0.25) is 0 Å². The molecule has 1 aromatic rings. The third-order valence-corrected chi connectivity index (χ3v) is 8.88. The summed E-state index contributed by atoms with van der Waals surface area (Å²) in [6.45, 7) is 12.8. The third-order valence-electron chi connectivity index (χ3n) is 4.40. The molecule has 20 heavy (non-hydrogen) atoms. The molecule has 1 aliphatic heterocycles. The van der Waals surface area contributed by atoms with E-state index in [1.165, 1.54) is 11.3 Å². The first-order chi connectivity index (χ1) is 9.31. The second-order valence-electron chi connectivity index (χ2n) is 6.86. The molecule has 2 rings (SSSR count). The minimum atomic E-state index is -1.68. The lowest BCUT2D eigenvalue weighted by Crippen LogP contribution is -2.40. The molecular weight excluding hydrogens is 262 g/mol. The van der Waals surface area contributed by atoms with Crippen molar-refractivity contribution in [2.45, 2.75) is 45.3 Å². The molecule has 0 spiro atoms. The van der Waals surface area contributed by atoms with Gasteiger partial charge in [-0.2, -0.15) is 0 Å². The minimum absolute atomic E-state index is 0.243. The van der Waals surface area contributed by atoms with E-state index in [2.05, 4.69) is 69.2 Å². The fraction of sp³-hybridized carbons (Fsp3) is 0.529. The van der Waals surface area contributed by atoms with Crippen LogP contribution in [-0.2, 0) is 10.8 Å². The van der Waals surface area contributed by atoms with Gasteiger partial charge in [-0.1, -0.05) is 38.7 Å². The van der Waals surface area contributed by atoms with Gasteiger partial charge in [0.25, 0.3) is 0 Å². The van der Waals surface area contributed by atoms with Crippen molar-refractivity contribution in [1.29, 1.82) is 0 Å². The van der Waals surface area contributed by atoms with Gasteiger partial charge in [-0.05, 0) is 42.2 Å². The molecule has 0 amide bonds. The Morgan fingerprint density at radius 2 is 2.05 bits per heavy atom. The summed E-state index contributed by atoms with van der Waals surface area (Å²) in [7, 11) is -1.68. The smallest absolute Gasteiger partial charge is 0.193 e. The zero-order valence-corrected chi connectivity index (χ0v) is 14.3. The van der Waals surface area contributed by atoms with Crippen LogP contribution >= 0.6 is 0 Å². The monoisotopic (exact) mass is 287 g/mol. The summed E-state index contributed by atoms with van der Waals surface area (Å²) in [5.74, 6) is 6.47. The van der Waals surface area contributed by atoms with Crippen LogP contribution in [0.15, 0.2) is 18.2 Å². The molecule has 0 saturated carbocycles. The first kappa shape index (κ1) is 15.2. The highest BCUT2D eigenvalue weighted by Gasteiger charge is 2.36. The van der Waals surface area contributed by atoms with Crippen LogP contribution in [0.3, 0.4) is 0 Å². The van der Waals surface area contributed by atoms with E-state index >= 15 is 0 Å². The van der Waals surface area contributed by atoms with Crippen molar-refractivity contribution in [3.05, 3.63) is 29.3 Å². The Bertz CT molecular complexity index is 546. The highest BCUT2D eigenvalue weighted by molar-refractivity contribution is 6.74. The molecule has 1 aromatic carbocycles. The van der Waals surface area contributed by atoms with Crippen LogP contribution in [-0.4, -0.2) is 21.5 Å². The first-order valence-electron chi connectivity index (χ1n) is 7.30. The maximum Gasteiger partial charge on any atom is 0.193 e. The first-order valence-corrected chi connectivity index (χ1v) is 10.2. The summed E-state index contributed by atoms with van der Waals surface area (Å²) in [5.41, 5.74) is 3.74. The Morgan fingerprint density at radius 1 is 1.30 bits per heavy atom. The Hall–Kier alpha value is -1.24. The molecule has 0 unspecified atom stereocenters. The van der Waals surface area contributed by atoms with E-state index in [-0.39, 0.29) is 5.04 Å². The fourth-order valence-electron chi connectivity index (χ4n) is 2.03. The molecule has 0 atom stereocenters. The van der Waals surface area contributed by atoms with Crippen LogP contribution in [0.1, 0.15) is 31.9 Å². The van der Waals surface area contributed by atoms with Gasteiger partial charge in [0, 0.05) is 17.8 Å². The molecule has 108 valence electrons. The molecule has 0 bridgehead atoms. The van der Waals surface area contributed by atoms with Crippen molar-refractivity contribution in [3.63, 3.8) is 0 Å². The van der Waals surface area contributed by atoms with Crippen LogP contribution in [0.5, 0.6) is 0 Å². The maximum atomic E-state index is 6.08. The molecule has 0 saturated heterocycles. The van der Waals surface area contributed by atoms with E-state index < -0.39 is 8.32 Å². The van der Waals surface area contributed by atoms with E-state index in [4.69, 9.17) is 4.43 Å². The number of hydrogen-bond donors (Lipinski definition) is 1. The van der Waals surface area contributed by atoms with E-state index in [9.17, 15) is 0 Å². The van der Waals surface area contributed by atoms with Crippen LogP contribution in [0.25, 0.3) is 0 Å². The molecule has 1 N–H and O–H groups in total. The van der Waals surface area contributed by atoms with Crippen molar-refractivity contribution >= 4 is 14.0 Å². The van der Waals surface area contributed by atoms with E-state index in [0.29, 0.717) is 6.61 Å². The summed E-state index contributed by atoms with van der Waals surface area (Å²) in [4.78, 5) is 0. The average Bonchev–Trinajstić information content (AvgIpc) is 2.82. The second-order valence-corrected chi connectivity index (χ2v) is 11.7. The lowest BCUT2D eigenvalue weighted by Gasteiger charge is -2.35. The molecule has 3 heteroatoms. The van der Waals surface area contributed by atoms with Crippen molar-refractivity contribution < 1.29 is 4.43 Å². The third kappa shape index (κ3) is 3.25. The predicted molar refractivity (Wildman–Crippen MR) is 88.7 cm³/mol. The van der Waals surface area contributed by atoms with Gasteiger partial charge < -0.3 is 9.74 Å². The molecule has 0 aromatic heterocycles. The summed E-state index contributed by atoms with van der Waals surface area (Å²) in [6, 6.07) is 6.29. The molecule has 1 heterocycles. The normalized spacial score (nSPS) is 14.2. The number of fused-ring (bicyclic) bond motifs is 1. The maximum absolute atomic E-state index is 6.08. The number of hydrogen-bond acceptors (Lipinski definition) is 2. The molecule has 1 aliphatic rings. The predicted octanol–water partition coefficient (Wildman–Crippen LogP) is 4.03. The molecule has 0 radical (unpaired) electrons. The summed E-state index contributed by atoms with van der Waals surface area (Å²) in [6.07, 6.45) is 1.07.